The molecule has 3 aliphatic heterocycles. The molecule has 3 atom stereocenters. The summed E-state index contributed by atoms with van der Waals surface area (Å²) in [6.45, 7) is 11.1. The molecule has 3 fully saturated rings. The molecule has 5 rings (SSSR count). The van der Waals surface area contributed by atoms with Gasteiger partial charge in [0.2, 0.25) is 5.91 Å². The van der Waals surface area contributed by atoms with Gasteiger partial charge >= 0.3 is 0 Å². The van der Waals surface area contributed by atoms with E-state index in [9.17, 15) is 14.4 Å². The average Bonchev–Trinajstić information content (AvgIpc) is 3.60. The number of nitrogens with zero attached hydrogens (tertiary/aromatic N) is 2. The molecule has 2 aromatic rings. The fourth-order valence-electron chi connectivity index (χ4n) is 5.64. The minimum absolute atomic E-state index is 0.0527. The average molecular weight is 540 g/mol. The lowest BCUT2D eigenvalue weighted by Crippen LogP contribution is -2.52. The third-order valence-electron chi connectivity index (χ3n) is 7.57. The molecule has 0 radical (unpaired) electrons. The van der Waals surface area contributed by atoms with E-state index in [2.05, 4.69) is 23.2 Å². The Labute approximate surface area is 228 Å². The first-order chi connectivity index (χ1) is 18.3. The Morgan fingerprint density at radius 3 is 2.58 bits per heavy atom. The van der Waals surface area contributed by atoms with Crippen molar-refractivity contribution < 1.29 is 23.9 Å². The third-order valence-corrected chi connectivity index (χ3v) is 8.84. The lowest BCUT2D eigenvalue weighted by atomic mass is 10.0. The Morgan fingerprint density at radius 1 is 1.13 bits per heavy atom. The lowest BCUT2D eigenvalue weighted by molar-refractivity contribution is -0.138. The fraction of sp³-hybridized carbons (Fsp3) is 0.552. The van der Waals surface area contributed by atoms with E-state index in [1.54, 1.807) is 16.2 Å². The SMILES string of the molecule is Cc1cc(CN2CCOCC2)sc1-c1ccc(C(=O)NC(CC(C)C)C(=O)N2CCC3OCC(=O)C32)cc1. The normalized spacial score (nSPS) is 22.6. The number of hydrogen-bond acceptors (Lipinski definition) is 7. The van der Waals surface area contributed by atoms with Crippen LogP contribution in [0.4, 0.5) is 0 Å². The molecule has 38 heavy (non-hydrogen) atoms. The van der Waals surface area contributed by atoms with Gasteiger partial charge in [-0.25, -0.2) is 0 Å². The molecule has 0 bridgehead atoms. The molecule has 8 nitrogen and oxygen atoms in total. The van der Waals surface area contributed by atoms with Crippen molar-refractivity contribution in [1.29, 1.82) is 0 Å². The van der Waals surface area contributed by atoms with Crippen molar-refractivity contribution in [3.05, 3.63) is 46.3 Å². The Kier molecular flexibility index (Phi) is 8.28. The molecule has 2 amide bonds. The number of fused-ring (bicyclic) bond motifs is 1. The van der Waals surface area contributed by atoms with Gasteiger partial charge in [0.15, 0.2) is 5.78 Å². The highest BCUT2D eigenvalue weighted by Gasteiger charge is 2.48. The number of carbonyl (C=O) groups excluding carboxylic acids is 3. The molecule has 1 aromatic carbocycles. The predicted molar refractivity (Wildman–Crippen MR) is 146 cm³/mol. The van der Waals surface area contributed by atoms with Crippen molar-refractivity contribution in [2.75, 3.05) is 39.5 Å². The summed E-state index contributed by atoms with van der Waals surface area (Å²) in [5.74, 6) is -0.328. The molecule has 3 unspecified atom stereocenters. The Hall–Kier alpha value is -2.59. The molecule has 1 aromatic heterocycles. The monoisotopic (exact) mass is 539 g/mol. The van der Waals surface area contributed by atoms with E-state index in [1.165, 1.54) is 15.3 Å². The van der Waals surface area contributed by atoms with Gasteiger partial charge < -0.3 is 19.7 Å². The summed E-state index contributed by atoms with van der Waals surface area (Å²) < 4.78 is 11.0. The van der Waals surface area contributed by atoms with Crippen LogP contribution >= 0.6 is 11.3 Å². The van der Waals surface area contributed by atoms with Gasteiger partial charge in [-0.05, 0) is 55.0 Å². The van der Waals surface area contributed by atoms with E-state index in [-0.39, 0.29) is 36.2 Å². The second kappa shape index (κ2) is 11.7. The topological polar surface area (TPSA) is 88.2 Å². The summed E-state index contributed by atoms with van der Waals surface area (Å²) in [4.78, 5) is 45.5. The van der Waals surface area contributed by atoms with Gasteiger partial charge in [0.1, 0.15) is 18.7 Å². The van der Waals surface area contributed by atoms with Crippen LogP contribution in [0.3, 0.4) is 0 Å². The zero-order valence-corrected chi connectivity index (χ0v) is 23.2. The highest BCUT2D eigenvalue weighted by molar-refractivity contribution is 7.15. The quantitative estimate of drug-likeness (QED) is 0.554. The number of thiophene rings is 1. The largest absolute Gasteiger partial charge is 0.379 e. The number of hydrogen-bond donors (Lipinski definition) is 1. The minimum Gasteiger partial charge on any atom is -0.379 e. The first kappa shape index (κ1) is 27.0. The summed E-state index contributed by atoms with van der Waals surface area (Å²) in [5, 5.41) is 2.96. The van der Waals surface area contributed by atoms with Crippen LogP contribution in [0.1, 0.15) is 47.5 Å². The van der Waals surface area contributed by atoms with E-state index in [1.807, 2.05) is 38.1 Å². The number of aryl methyl sites for hydroxylation is 1. The van der Waals surface area contributed by atoms with E-state index in [0.717, 1.165) is 38.4 Å². The number of rotatable bonds is 8. The summed E-state index contributed by atoms with van der Waals surface area (Å²) in [5.41, 5.74) is 2.82. The van der Waals surface area contributed by atoms with Gasteiger partial charge in [-0.3, -0.25) is 19.3 Å². The van der Waals surface area contributed by atoms with Gasteiger partial charge in [0, 0.05) is 41.5 Å². The smallest absolute Gasteiger partial charge is 0.251 e. The molecular weight excluding hydrogens is 502 g/mol. The molecule has 1 N–H and O–H groups in total. The van der Waals surface area contributed by atoms with Crippen molar-refractivity contribution in [1.82, 2.24) is 15.1 Å². The number of ketones is 1. The zero-order valence-electron chi connectivity index (χ0n) is 22.4. The van der Waals surface area contributed by atoms with Gasteiger partial charge in [-0.1, -0.05) is 26.0 Å². The number of nitrogens with one attached hydrogen (secondary N) is 1. The zero-order chi connectivity index (χ0) is 26.8. The Bertz CT molecular complexity index is 1170. The fourth-order valence-corrected chi connectivity index (χ4v) is 6.86. The van der Waals surface area contributed by atoms with Crippen LogP contribution in [0, 0.1) is 12.8 Å². The van der Waals surface area contributed by atoms with Crippen LogP contribution in [0.25, 0.3) is 10.4 Å². The number of ether oxygens (including phenoxy) is 2. The number of amides is 2. The van der Waals surface area contributed by atoms with Crippen LogP contribution in [-0.2, 0) is 25.6 Å². The van der Waals surface area contributed by atoms with Crippen LogP contribution < -0.4 is 5.32 Å². The molecule has 3 saturated heterocycles. The van der Waals surface area contributed by atoms with Gasteiger partial charge in [-0.15, -0.1) is 11.3 Å². The van der Waals surface area contributed by atoms with Crippen LogP contribution in [0.15, 0.2) is 30.3 Å². The van der Waals surface area contributed by atoms with Crippen molar-refractivity contribution in [3.63, 3.8) is 0 Å². The first-order valence-corrected chi connectivity index (χ1v) is 14.4. The lowest BCUT2D eigenvalue weighted by Gasteiger charge is -2.28. The van der Waals surface area contributed by atoms with Gasteiger partial charge in [-0.2, -0.15) is 0 Å². The van der Waals surface area contributed by atoms with Gasteiger partial charge in [0.05, 0.1) is 19.3 Å². The standard InChI is InChI=1S/C29H37N3O5S/c1-18(2)14-23(29(35)32-9-8-25-26(32)24(33)17-37-25)30-28(34)21-6-4-20(5-7-21)27-19(3)15-22(38-27)16-31-10-12-36-13-11-31/h4-7,15,18,23,25-26H,8-14,16-17H2,1-3H3,(H,30,34). The second-order valence-corrected chi connectivity index (χ2v) is 12.1. The maximum atomic E-state index is 13.5. The molecule has 0 spiro atoms. The molecular formula is C29H37N3O5S. The molecule has 0 saturated carbocycles. The van der Waals surface area contributed by atoms with E-state index >= 15 is 0 Å². The highest BCUT2D eigenvalue weighted by Crippen LogP contribution is 2.33. The second-order valence-electron chi connectivity index (χ2n) is 10.9. The summed E-state index contributed by atoms with van der Waals surface area (Å²) >= 11 is 1.79. The van der Waals surface area contributed by atoms with Crippen molar-refractivity contribution in [3.8, 4) is 10.4 Å². The number of likely N-dealkylation sites (tertiary alicyclic amines) is 1. The van der Waals surface area contributed by atoms with Crippen molar-refractivity contribution >= 4 is 28.9 Å². The van der Waals surface area contributed by atoms with Crippen molar-refractivity contribution in [2.24, 2.45) is 5.92 Å². The molecule has 204 valence electrons. The number of benzene rings is 1. The van der Waals surface area contributed by atoms with Crippen molar-refractivity contribution in [2.45, 2.75) is 58.3 Å². The first-order valence-electron chi connectivity index (χ1n) is 13.6. The predicted octanol–water partition coefficient (Wildman–Crippen LogP) is 3.27. The minimum atomic E-state index is -0.684. The highest BCUT2D eigenvalue weighted by atomic mass is 32.1. The van der Waals surface area contributed by atoms with Crippen LogP contribution in [-0.4, -0.2) is 85.0 Å². The maximum absolute atomic E-state index is 13.5. The maximum Gasteiger partial charge on any atom is 0.251 e. The Balaban J connectivity index is 1.26. The summed E-state index contributed by atoms with van der Waals surface area (Å²) in [6.07, 6.45) is 0.943. The molecule has 9 heteroatoms. The number of carbonyl (C=O) groups is 3. The summed E-state index contributed by atoms with van der Waals surface area (Å²) in [6, 6.07) is 8.65. The number of Topliss-reactive ketones (excluding diaryl/α,β-unsaturated/α-hetero) is 1. The molecule has 0 aliphatic carbocycles. The van der Waals surface area contributed by atoms with E-state index in [4.69, 9.17) is 9.47 Å². The number of morpholine rings is 1. The van der Waals surface area contributed by atoms with Crippen LogP contribution in [0.2, 0.25) is 0 Å². The summed E-state index contributed by atoms with van der Waals surface area (Å²) in [7, 11) is 0. The third kappa shape index (κ3) is 5.86. The van der Waals surface area contributed by atoms with Crippen LogP contribution in [0.5, 0.6) is 0 Å². The molecule has 3 aliphatic rings. The van der Waals surface area contributed by atoms with E-state index < -0.39 is 12.1 Å². The Morgan fingerprint density at radius 2 is 1.87 bits per heavy atom. The molecule has 4 heterocycles. The van der Waals surface area contributed by atoms with E-state index in [0.29, 0.717) is 24.9 Å². The van der Waals surface area contributed by atoms with Gasteiger partial charge in [0.25, 0.3) is 5.91 Å².